The molecular weight excluding hydrogens is 257 g/mol. The molecule has 2 N–H and O–H groups in total. The van der Waals surface area contributed by atoms with Gasteiger partial charge in [-0.15, -0.1) is 0 Å². The molecule has 0 saturated carbocycles. The zero-order valence-electron chi connectivity index (χ0n) is 11.0. The van der Waals surface area contributed by atoms with Crippen LogP contribution in [-0.2, 0) is 6.54 Å². The van der Waals surface area contributed by atoms with Gasteiger partial charge in [0, 0.05) is 18.8 Å². The first-order chi connectivity index (χ1) is 9.69. The molecular formula is C15H14FN3O. The maximum atomic E-state index is 13.3. The van der Waals surface area contributed by atoms with Crippen LogP contribution in [0.1, 0.15) is 11.3 Å². The second kappa shape index (κ2) is 4.94. The molecule has 0 atom stereocenters. The summed E-state index contributed by atoms with van der Waals surface area (Å²) in [5.41, 5.74) is 8.11. The number of rotatable bonds is 3. The number of hydrogen-bond acceptors (Lipinski definition) is 3. The van der Waals surface area contributed by atoms with E-state index in [4.69, 9.17) is 10.5 Å². The summed E-state index contributed by atoms with van der Waals surface area (Å²) in [4.78, 5) is 4.39. The summed E-state index contributed by atoms with van der Waals surface area (Å²) in [6.07, 6.45) is 1.87. The van der Waals surface area contributed by atoms with Crippen LogP contribution in [0.15, 0.2) is 42.6 Å². The number of aryl methyl sites for hydroxylation is 1. The molecule has 2 heterocycles. The highest BCUT2D eigenvalue weighted by Crippen LogP contribution is 2.28. The number of halogens is 1. The minimum atomic E-state index is -0.344. The van der Waals surface area contributed by atoms with E-state index in [-0.39, 0.29) is 12.4 Å². The van der Waals surface area contributed by atoms with E-state index in [1.165, 1.54) is 12.1 Å². The molecule has 2 aromatic heterocycles. The molecule has 0 spiro atoms. The van der Waals surface area contributed by atoms with Gasteiger partial charge in [-0.25, -0.2) is 4.39 Å². The summed E-state index contributed by atoms with van der Waals surface area (Å²) in [6, 6.07) is 10.1. The van der Waals surface area contributed by atoms with Gasteiger partial charge in [-0.3, -0.25) is 4.40 Å². The second-order valence-electron chi connectivity index (χ2n) is 4.51. The first kappa shape index (κ1) is 12.6. The molecule has 0 aliphatic heterocycles. The van der Waals surface area contributed by atoms with Gasteiger partial charge >= 0.3 is 0 Å². The molecule has 3 aromatic rings. The number of hydrogen-bond donors (Lipinski definition) is 1. The standard InChI is InChI=1S/C15H14FN3O/c1-10-5-6-11(16)8-13(10)20-15-12(9-17)19-7-3-2-4-14(19)18-15/h2-8H,9,17H2,1H3. The van der Waals surface area contributed by atoms with Gasteiger partial charge < -0.3 is 10.5 Å². The molecule has 20 heavy (non-hydrogen) atoms. The molecule has 0 amide bonds. The zero-order chi connectivity index (χ0) is 14.1. The molecule has 0 radical (unpaired) electrons. The largest absolute Gasteiger partial charge is 0.437 e. The highest BCUT2D eigenvalue weighted by atomic mass is 19.1. The Labute approximate surface area is 115 Å². The number of ether oxygens (including phenoxy) is 1. The maximum absolute atomic E-state index is 13.3. The number of benzene rings is 1. The Bertz CT molecular complexity index is 767. The number of nitrogens with two attached hydrogens (primary N) is 1. The molecule has 4 nitrogen and oxygen atoms in total. The Hall–Kier alpha value is -2.40. The molecule has 0 aliphatic carbocycles. The lowest BCUT2D eigenvalue weighted by Gasteiger charge is -2.07. The topological polar surface area (TPSA) is 52.5 Å². The third-order valence-corrected chi connectivity index (χ3v) is 3.14. The lowest BCUT2D eigenvalue weighted by Crippen LogP contribution is -2.02. The summed E-state index contributed by atoms with van der Waals surface area (Å²) in [7, 11) is 0. The highest BCUT2D eigenvalue weighted by molar-refractivity contribution is 5.47. The van der Waals surface area contributed by atoms with Crippen molar-refractivity contribution in [2.75, 3.05) is 0 Å². The fourth-order valence-electron chi connectivity index (χ4n) is 2.08. The summed E-state index contributed by atoms with van der Waals surface area (Å²) in [5.74, 6) is 0.513. The van der Waals surface area contributed by atoms with Crippen molar-refractivity contribution in [3.63, 3.8) is 0 Å². The fourth-order valence-corrected chi connectivity index (χ4v) is 2.08. The van der Waals surface area contributed by atoms with Gasteiger partial charge in [-0.05, 0) is 30.7 Å². The van der Waals surface area contributed by atoms with Crippen molar-refractivity contribution in [3.05, 3.63) is 59.7 Å². The summed E-state index contributed by atoms with van der Waals surface area (Å²) < 4.78 is 20.9. The van der Waals surface area contributed by atoms with Crippen LogP contribution in [0.3, 0.4) is 0 Å². The third kappa shape index (κ3) is 2.12. The van der Waals surface area contributed by atoms with Gasteiger partial charge in [-0.2, -0.15) is 4.98 Å². The van der Waals surface area contributed by atoms with E-state index in [0.29, 0.717) is 11.6 Å². The molecule has 3 rings (SSSR count). The quantitative estimate of drug-likeness (QED) is 0.796. The van der Waals surface area contributed by atoms with Crippen molar-refractivity contribution in [1.29, 1.82) is 0 Å². The number of pyridine rings is 1. The van der Waals surface area contributed by atoms with Crippen LogP contribution in [0.4, 0.5) is 4.39 Å². The number of imidazole rings is 1. The van der Waals surface area contributed by atoms with Crippen LogP contribution in [0.2, 0.25) is 0 Å². The summed E-state index contributed by atoms with van der Waals surface area (Å²) >= 11 is 0. The lowest BCUT2D eigenvalue weighted by atomic mass is 10.2. The Balaban J connectivity index is 2.08. The van der Waals surface area contributed by atoms with E-state index in [1.807, 2.05) is 35.7 Å². The number of fused-ring (bicyclic) bond motifs is 1. The molecule has 1 aromatic carbocycles. The van der Waals surface area contributed by atoms with Crippen LogP contribution >= 0.6 is 0 Å². The maximum Gasteiger partial charge on any atom is 0.242 e. The van der Waals surface area contributed by atoms with E-state index in [2.05, 4.69) is 4.98 Å². The van der Waals surface area contributed by atoms with Gasteiger partial charge in [0.15, 0.2) is 0 Å². The van der Waals surface area contributed by atoms with Crippen LogP contribution < -0.4 is 10.5 Å². The van der Waals surface area contributed by atoms with Crippen LogP contribution in [-0.4, -0.2) is 9.38 Å². The van der Waals surface area contributed by atoms with Crippen LogP contribution in [0.25, 0.3) is 5.65 Å². The molecule has 0 saturated heterocycles. The van der Waals surface area contributed by atoms with Crippen molar-refractivity contribution in [3.8, 4) is 11.6 Å². The normalized spacial score (nSPS) is 10.9. The van der Waals surface area contributed by atoms with Gasteiger partial charge in [0.05, 0.1) is 0 Å². The first-order valence-corrected chi connectivity index (χ1v) is 6.29. The molecule has 102 valence electrons. The SMILES string of the molecule is Cc1ccc(F)cc1Oc1nc2ccccn2c1CN. The minimum absolute atomic E-state index is 0.287. The summed E-state index contributed by atoms with van der Waals surface area (Å²) in [5, 5.41) is 0. The Kier molecular flexibility index (Phi) is 3.12. The molecule has 0 fully saturated rings. The average Bonchev–Trinajstić information content (AvgIpc) is 2.80. The first-order valence-electron chi connectivity index (χ1n) is 6.29. The molecule has 5 heteroatoms. The molecule has 0 unspecified atom stereocenters. The summed E-state index contributed by atoms with van der Waals surface area (Å²) in [6.45, 7) is 2.14. The van der Waals surface area contributed by atoms with E-state index in [9.17, 15) is 4.39 Å². The average molecular weight is 271 g/mol. The monoisotopic (exact) mass is 271 g/mol. The Morgan fingerprint density at radius 2 is 2.15 bits per heavy atom. The van der Waals surface area contributed by atoms with E-state index in [0.717, 1.165) is 16.9 Å². The van der Waals surface area contributed by atoms with Crippen molar-refractivity contribution in [1.82, 2.24) is 9.38 Å². The predicted octanol–water partition coefficient (Wildman–Crippen LogP) is 3.03. The van der Waals surface area contributed by atoms with Crippen molar-refractivity contribution in [2.24, 2.45) is 5.73 Å². The van der Waals surface area contributed by atoms with Gasteiger partial charge in [0.2, 0.25) is 5.88 Å². The van der Waals surface area contributed by atoms with Gasteiger partial charge in [-0.1, -0.05) is 12.1 Å². The minimum Gasteiger partial charge on any atom is -0.437 e. The van der Waals surface area contributed by atoms with E-state index >= 15 is 0 Å². The van der Waals surface area contributed by atoms with Gasteiger partial charge in [0.25, 0.3) is 0 Å². The van der Waals surface area contributed by atoms with E-state index < -0.39 is 0 Å². The Morgan fingerprint density at radius 3 is 2.95 bits per heavy atom. The molecule has 0 aliphatic rings. The smallest absolute Gasteiger partial charge is 0.242 e. The van der Waals surface area contributed by atoms with Crippen molar-refractivity contribution in [2.45, 2.75) is 13.5 Å². The predicted molar refractivity (Wildman–Crippen MR) is 74.3 cm³/mol. The second-order valence-corrected chi connectivity index (χ2v) is 4.51. The number of nitrogens with zero attached hydrogens (tertiary/aromatic N) is 2. The van der Waals surface area contributed by atoms with Crippen LogP contribution in [0, 0.1) is 12.7 Å². The highest BCUT2D eigenvalue weighted by Gasteiger charge is 2.13. The Morgan fingerprint density at radius 1 is 1.30 bits per heavy atom. The number of aromatic nitrogens is 2. The lowest BCUT2D eigenvalue weighted by molar-refractivity contribution is 0.451. The van der Waals surface area contributed by atoms with Crippen molar-refractivity contribution < 1.29 is 9.13 Å². The van der Waals surface area contributed by atoms with E-state index in [1.54, 1.807) is 6.07 Å². The van der Waals surface area contributed by atoms with Gasteiger partial charge in [0.1, 0.15) is 22.9 Å². The molecule has 0 bridgehead atoms. The third-order valence-electron chi connectivity index (χ3n) is 3.14. The van der Waals surface area contributed by atoms with Crippen LogP contribution in [0.5, 0.6) is 11.6 Å². The zero-order valence-corrected chi connectivity index (χ0v) is 11.0. The fraction of sp³-hybridized carbons (Fsp3) is 0.133. The van der Waals surface area contributed by atoms with Crippen molar-refractivity contribution >= 4 is 5.65 Å².